The molecule has 2 bridgehead atoms. The summed E-state index contributed by atoms with van der Waals surface area (Å²) in [6, 6.07) is 14.0. The third-order valence-electron chi connectivity index (χ3n) is 6.69. The molecule has 2 aliphatic rings. The standard InChI is InChI=1S/C25H24FN5O/c1-32-25-13-29-23(12-30-25)19-6-2-15(14-31-18-5-7-24(31)22(28)10-18)8-20(19)16-3-4-17(11-27)21(26)9-16/h2-4,6,8-9,12-13,18,22,24H,5,7,10,14,28H2,1H3/t18-,22+,24+/m1/s1. The topological polar surface area (TPSA) is 88.1 Å². The van der Waals surface area contributed by atoms with Gasteiger partial charge in [0, 0.05) is 30.2 Å². The fourth-order valence-corrected chi connectivity index (χ4v) is 5.09. The maximum absolute atomic E-state index is 14.5. The van der Waals surface area contributed by atoms with Gasteiger partial charge in [-0.15, -0.1) is 0 Å². The quantitative estimate of drug-likeness (QED) is 0.662. The Labute approximate surface area is 186 Å². The molecule has 162 valence electrons. The van der Waals surface area contributed by atoms with Crippen LogP contribution in [0.25, 0.3) is 22.4 Å². The Balaban J connectivity index is 1.56. The fraction of sp³-hybridized carbons (Fsp3) is 0.320. The summed E-state index contributed by atoms with van der Waals surface area (Å²) < 4.78 is 19.6. The molecule has 2 N–H and O–H groups in total. The number of halogens is 1. The van der Waals surface area contributed by atoms with Crippen molar-refractivity contribution >= 4 is 0 Å². The van der Waals surface area contributed by atoms with Crippen LogP contribution in [0.1, 0.15) is 30.4 Å². The van der Waals surface area contributed by atoms with Crippen molar-refractivity contribution in [1.82, 2.24) is 14.9 Å². The third kappa shape index (κ3) is 3.62. The minimum Gasteiger partial charge on any atom is -0.480 e. The van der Waals surface area contributed by atoms with Gasteiger partial charge < -0.3 is 10.5 Å². The normalized spacial score (nSPS) is 22.1. The Hall–Kier alpha value is -3.34. The minimum absolute atomic E-state index is 0.0262. The molecule has 7 heteroatoms. The number of nitrogens with two attached hydrogens (primary N) is 1. The predicted molar refractivity (Wildman–Crippen MR) is 119 cm³/mol. The highest BCUT2D eigenvalue weighted by molar-refractivity contribution is 5.82. The summed E-state index contributed by atoms with van der Waals surface area (Å²) in [6.07, 6.45) is 6.62. The number of hydrogen-bond donors (Lipinski definition) is 1. The molecule has 0 radical (unpaired) electrons. The van der Waals surface area contributed by atoms with Crippen molar-refractivity contribution in [1.29, 1.82) is 5.26 Å². The fourth-order valence-electron chi connectivity index (χ4n) is 5.09. The molecular weight excluding hydrogens is 405 g/mol. The van der Waals surface area contributed by atoms with E-state index in [1.165, 1.54) is 18.6 Å². The van der Waals surface area contributed by atoms with E-state index in [0.717, 1.165) is 36.1 Å². The highest BCUT2D eigenvalue weighted by Crippen LogP contribution is 2.39. The summed E-state index contributed by atoms with van der Waals surface area (Å²) in [4.78, 5) is 11.3. The van der Waals surface area contributed by atoms with Gasteiger partial charge in [0.15, 0.2) is 0 Å². The van der Waals surface area contributed by atoms with E-state index in [0.29, 0.717) is 29.2 Å². The number of methoxy groups -OCH3 is 1. The SMILES string of the molecule is COc1cnc(-c2ccc(CN3[C@@H]4CC[C@H]3[C@@H](N)C4)cc2-c2ccc(C#N)c(F)c2)cn1. The highest BCUT2D eigenvalue weighted by atomic mass is 19.1. The largest absolute Gasteiger partial charge is 0.480 e. The smallest absolute Gasteiger partial charge is 0.232 e. The second kappa shape index (κ2) is 8.30. The zero-order chi connectivity index (χ0) is 22.2. The first kappa shape index (κ1) is 20.6. The molecule has 0 aliphatic carbocycles. The van der Waals surface area contributed by atoms with E-state index in [9.17, 15) is 4.39 Å². The van der Waals surface area contributed by atoms with Crippen LogP contribution in [0.2, 0.25) is 0 Å². The van der Waals surface area contributed by atoms with Crippen LogP contribution in [0.5, 0.6) is 5.88 Å². The summed E-state index contributed by atoms with van der Waals surface area (Å²) in [5.74, 6) is -0.108. The zero-order valence-electron chi connectivity index (χ0n) is 17.8. The molecule has 3 aromatic rings. The Morgan fingerprint density at radius 3 is 2.66 bits per heavy atom. The van der Waals surface area contributed by atoms with Crippen molar-refractivity contribution in [3.8, 4) is 34.3 Å². The van der Waals surface area contributed by atoms with Gasteiger partial charge in [0.25, 0.3) is 0 Å². The first-order valence-electron chi connectivity index (χ1n) is 10.8. The van der Waals surface area contributed by atoms with Crippen LogP contribution in [0, 0.1) is 17.1 Å². The average Bonchev–Trinajstić information content (AvgIpc) is 3.34. The van der Waals surface area contributed by atoms with Crippen molar-refractivity contribution < 1.29 is 9.13 Å². The summed E-state index contributed by atoms with van der Waals surface area (Å²) in [7, 11) is 1.54. The number of nitriles is 1. The average molecular weight is 429 g/mol. The Bertz CT molecular complexity index is 1190. The van der Waals surface area contributed by atoms with Gasteiger partial charge in [-0.2, -0.15) is 5.26 Å². The zero-order valence-corrected chi connectivity index (χ0v) is 17.8. The van der Waals surface area contributed by atoms with Crippen LogP contribution in [-0.4, -0.2) is 40.1 Å². The van der Waals surface area contributed by atoms with Gasteiger partial charge in [0.1, 0.15) is 11.9 Å². The number of aromatic nitrogens is 2. The van der Waals surface area contributed by atoms with Crippen LogP contribution in [-0.2, 0) is 6.54 Å². The van der Waals surface area contributed by atoms with E-state index in [-0.39, 0.29) is 11.6 Å². The van der Waals surface area contributed by atoms with E-state index in [1.54, 1.807) is 25.6 Å². The highest BCUT2D eigenvalue weighted by Gasteiger charge is 2.44. The molecule has 3 atom stereocenters. The summed E-state index contributed by atoms with van der Waals surface area (Å²) in [5, 5.41) is 9.11. The number of hydrogen-bond acceptors (Lipinski definition) is 6. The maximum Gasteiger partial charge on any atom is 0.232 e. The number of fused-ring (bicyclic) bond motifs is 2. The van der Waals surface area contributed by atoms with Gasteiger partial charge in [-0.05, 0) is 54.2 Å². The van der Waals surface area contributed by atoms with E-state index >= 15 is 0 Å². The lowest BCUT2D eigenvalue weighted by molar-refractivity contribution is 0.239. The van der Waals surface area contributed by atoms with Gasteiger partial charge in [0.2, 0.25) is 5.88 Å². The van der Waals surface area contributed by atoms with Crippen molar-refractivity contribution in [2.75, 3.05) is 7.11 Å². The third-order valence-corrected chi connectivity index (χ3v) is 6.69. The molecule has 2 saturated heterocycles. The van der Waals surface area contributed by atoms with Crippen LogP contribution in [0.3, 0.4) is 0 Å². The molecule has 3 heterocycles. The molecule has 5 rings (SSSR count). The van der Waals surface area contributed by atoms with E-state index < -0.39 is 5.82 Å². The van der Waals surface area contributed by atoms with E-state index in [1.807, 2.05) is 12.1 Å². The lowest BCUT2D eigenvalue weighted by Crippen LogP contribution is -2.36. The van der Waals surface area contributed by atoms with Gasteiger partial charge in [-0.3, -0.25) is 4.90 Å². The van der Waals surface area contributed by atoms with Crippen LogP contribution in [0.15, 0.2) is 48.8 Å². The molecule has 0 saturated carbocycles. The minimum atomic E-state index is -0.536. The Kier molecular flexibility index (Phi) is 5.33. The van der Waals surface area contributed by atoms with Crippen LogP contribution in [0.4, 0.5) is 4.39 Å². The molecule has 32 heavy (non-hydrogen) atoms. The van der Waals surface area contributed by atoms with Gasteiger partial charge in [-0.25, -0.2) is 14.4 Å². The Morgan fingerprint density at radius 2 is 2.03 bits per heavy atom. The first-order valence-corrected chi connectivity index (χ1v) is 10.8. The number of rotatable bonds is 5. The molecule has 1 aromatic heterocycles. The lowest BCUT2D eigenvalue weighted by Gasteiger charge is -2.23. The molecule has 2 fully saturated rings. The summed E-state index contributed by atoms with van der Waals surface area (Å²) >= 11 is 0. The molecule has 0 unspecified atom stereocenters. The van der Waals surface area contributed by atoms with E-state index in [2.05, 4.69) is 27.0 Å². The van der Waals surface area contributed by atoms with Crippen LogP contribution < -0.4 is 10.5 Å². The number of ether oxygens (including phenoxy) is 1. The number of benzene rings is 2. The Morgan fingerprint density at radius 1 is 1.16 bits per heavy atom. The molecular formula is C25H24FN5O. The van der Waals surface area contributed by atoms with Gasteiger partial charge in [-0.1, -0.05) is 18.2 Å². The van der Waals surface area contributed by atoms with Crippen molar-refractivity contribution in [3.05, 3.63) is 65.7 Å². The first-order chi connectivity index (χ1) is 15.6. The molecule has 2 aromatic carbocycles. The van der Waals surface area contributed by atoms with Gasteiger partial charge in [0.05, 0.1) is 30.8 Å². The van der Waals surface area contributed by atoms with Crippen molar-refractivity contribution in [2.24, 2.45) is 5.73 Å². The molecule has 0 amide bonds. The van der Waals surface area contributed by atoms with Crippen molar-refractivity contribution in [3.63, 3.8) is 0 Å². The second-order valence-corrected chi connectivity index (χ2v) is 8.50. The molecule has 6 nitrogen and oxygen atoms in total. The summed E-state index contributed by atoms with van der Waals surface area (Å²) in [5.41, 5.74) is 10.5. The number of nitrogens with zero attached hydrogens (tertiary/aromatic N) is 4. The monoisotopic (exact) mass is 429 g/mol. The second-order valence-electron chi connectivity index (χ2n) is 8.50. The molecule has 2 aliphatic heterocycles. The predicted octanol–water partition coefficient (Wildman–Crippen LogP) is 3.89. The summed E-state index contributed by atoms with van der Waals surface area (Å²) in [6.45, 7) is 0.809. The molecule has 0 spiro atoms. The van der Waals surface area contributed by atoms with Crippen molar-refractivity contribution in [2.45, 2.75) is 43.9 Å². The van der Waals surface area contributed by atoms with E-state index in [4.69, 9.17) is 15.7 Å². The maximum atomic E-state index is 14.5. The lowest BCUT2D eigenvalue weighted by atomic mass is 9.94. The van der Waals surface area contributed by atoms with Crippen LogP contribution >= 0.6 is 0 Å². The van der Waals surface area contributed by atoms with Gasteiger partial charge >= 0.3 is 0 Å².